The summed E-state index contributed by atoms with van der Waals surface area (Å²) in [5.41, 5.74) is 2.10. The standard InChI is InChI=1S/C24H25F4N7O2/c1-36-22-21-16(14-8-17(26)20-18(9-14)34(7-4-25)13-29-20)2-6-35(21)32-23(31-22)30-19-3-5-33(12-24(19,27)28)15-10-37-11-15/h2,6,8-9,13,15,19H,3-5,7,10-12H2,1H3,(H,30,32). The SMILES string of the molecule is COc1nc(NC2CCN(C3COC3)CC2(F)F)nn2ccc(-c3cc(F)c4ncn(CCF)c4c3)c12. The molecular formula is C24H25F4N7O2. The second-order valence-corrected chi connectivity index (χ2v) is 9.33. The molecule has 13 heteroatoms. The average Bonchev–Trinajstić information content (AvgIpc) is 3.44. The van der Waals surface area contributed by atoms with Crippen LogP contribution in [0.2, 0.25) is 0 Å². The predicted molar refractivity (Wildman–Crippen MR) is 127 cm³/mol. The summed E-state index contributed by atoms with van der Waals surface area (Å²) >= 11 is 0. The fourth-order valence-electron chi connectivity index (χ4n) is 5.02. The molecule has 0 spiro atoms. The molecule has 2 saturated heterocycles. The minimum atomic E-state index is -2.99. The van der Waals surface area contributed by atoms with E-state index in [1.165, 1.54) is 24.0 Å². The number of alkyl halides is 3. The molecule has 0 saturated carbocycles. The third kappa shape index (κ3) is 4.15. The predicted octanol–water partition coefficient (Wildman–Crippen LogP) is 3.38. The monoisotopic (exact) mass is 519 g/mol. The summed E-state index contributed by atoms with van der Waals surface area (Å²) in [7, 11) is 1.41. The number of benzene rings is 1. The van der Waals surface area contributed by atoms with Gasteiger partial charge in [0, 0.05) is 18.3 Å². The molecule has 2 aliphatic rings. The number of likely N-dealkylation sites (tertiary alicyclic amines) is 1. The number of nitrogens with zero attached hydrogens (tertiary/aromatic N) is 6. The summed E-state index contributed by atoms with van der Waals surface area (Å²) in [5.74, 6) is -3.40. The van der Waals surface area contributed by atoms with E-state index < -0.39 is 24.5 Å². The van der Waals surface area contributed by atoms with Gasteiger partial charge >= 0.3 is 0 Å². The number of aromatic nitrogens is 5. The maximum atomic E-state index is 15.0. The number of rotatable bonds is 7. The number of ether oxygens (including phenoxy) is 2. The molecule has 4 aromatic rings. The number of halogens is 4. The molecule has 9 nitrogen and oxygen atoms in total. The van der Waals surface area contributed by atoms with Crippen molar-refractivity contribution in [2.75, 3.05) is 45.4 Å². The molecule has 1 N–H and O–H groups in total. The minimum absolute atomic E-state index is 0.000688. The Morgan fingerprint density at radius 1 is 1.27 bits per heavy atom. The molecule has 1 unspecified atom stereocenters. The van der Waals surface area contributed by atoms with Gasteiger partial charge in [0.25, 0.3) is 5.92 Å². The highest BCUT2D eigenvalue weighted by molar-refractivity contribution is 5.90. The minimum Gasteiger partial charge on any atom is -0.479 e. The van der Waals surface area contributed by atoms with Crippen LogP contribution in [-0.2, 0) is 11.3 Å². The quantitative estimate of drug-likeness (QED) is 0.375. The van der Waals surface area contributed by atoms with E-state index in [4.69, 9.17) is 9.47 Å². The van der Waals surface area contributed by atoms with E-state index in [2.05, 4.69) is 20.4 Å². The van der Waals surface area contributed by atoms with Crippen LogP contribution in [0, 0.1) is 5.82 Å². The van der Waals surface area contributed by atoms with E-state index >= 15 is 0 Å². The van der Waals surface area contributed by atoms with Gasteiger partial charge in [0.1, 0.15) is 17.7 Å². The molecule has 5 heterocycles. The number of hydrogen-bond acceptors (Lipinski definition) is 7. The molecule has 37 heavy (non-hydrogen) atoms. The summed E-state index contributed by atoms with van der Waals surface area (Å²) in [5, 5.41) is 7.18. The number of nitrogens with one attached hydrogen (secondary N) is 1. The Kier molecular flexibility index (Phi) is 5.91. The number of anilines is 1. The molecule has 2 aliphatic heterocycles. The van der Waals surface area contributed by atoms with Gasteiger partial charge in [-0.15, -0.1) is 5.10 Å². The van der Waals surface area contributed by atoms with Crippen molar-refractivity contribution in [2.45, 2.75) is 31.0 Å². The van der Waals surface area contributed by atoms with E-state index in [1.54, 1.807) is 27.8 Å². The summed E-state index contributed by atoms with van der Waals surface area (Å²) in [4.78, 5) is 10.2. The fraction of sp³-hybridized carbons (Fsp3) is 0.458. The normalized spacial score (nSPS) is 20.4. The summed E-state index contributed by atoms with van der Waals surface area (Å²) in [6.07, 6.45) is 3.24. The number of piperidine rings is 1. The van der Waals surface area contributed by atoms with E-state index in [-0.39, 0.29) is 42.9 Å². The van der Waals surface area contributed by atoms with Crippen molar-refractivity contribution >= 4 is 22.5 Å². The molecular weight excluding hydrogens is 494 g/mol. The Balaban J connectivity index is 1.32. The lowest BCUT2D eigenvalue weighted by Crippen LogP contribution is -2.61. The fourth-order valence-corrected chi connectivity index (χ4v) is 5.02. The van der Waals surface area contributed by atoms with Gasteiger partial charge in [-0.25, -0.2) is 27.1 Å². The van der Waals surface area contributed by atoms with Crippen molar-refractivity contribution in [2.24, 2.45) is 0 Å². The average molecular weight is 520 g/mol. The number of imidazole rings is 1. The molecule has 0 radical (unpaired) electrons. The van der Waals surface area contributed by atoms with Crippen LogP contribution in [0.15, 0.2) is 30.7 Å². The first-order valence-corrected chi connectivity index (χ1v) is 12.0. The van der Waals surface area contributed by atoms with Gasteiger partial charge in [-0.2, -0.15) is 4.98 Å². The van der Waals surface area contributed by atoms with Crippen LogP contribution in [0.5, 0.6) is 5.88 Å². The van der Waals surface area contributed by atoms with Gasteiger partial charge in [-0.05, 0) is 30.2 Å². The smallest absolute Gasteiger partial charge is 0.280 e. The Morgan fingerprint density at radius 2 is 2.11 bits per heavy atom. The molecule has 0 bridgehead atoms. The van der Waals surface area contributed by atoms with Crippen molar-refractivity contribution in [3.8, 4) is 17.0 Å². The molecule has 3 aromatic heterocycles. The Labute approximate surface area is 209 Å². The lowest BCUT2D eigenvalue weighted by atomic mass is 9.98. The van der Waals surface area contributed by atoms with Gasteiger partial charge in [-0.1, -0.05) is 0 Å². The van der Waals surface area contributed by atoms with Crippen LogP contribution in [0.25, 0.3) is 27.7 Å². The summed E-state index contributed by atoms with van der Waals surface area (Å²) in [6, 6.07) is 3.65. The molecule has 0 amide bonds. The Bertz CT molecular complexity index is 1450. The van der Waals surface area contributed by atoms with E-state index in [1.807, 2.05) is 0 Å². The molecule has 1 atom stereocenters. The summed E-state index contributed by atoms with van der Waals surface area (Å²) in [6.45, 7) is 0.554. The largest absolute Gasteiger partial charge is 0.479 e. The van der Waals surface area contributed by atoms with Crippen LogP contribution < -0.4 is 10.1 Å². The molecule has 196 valence electrons. The van der Waals surface area contributed by atoms with Gasteiger partial charge in [0.05, 0.1) is 57.3 Å². The van der Waals surface area contributed by atoms with E-state index in [9.17, 15) is 17.6 Å². The summed E-state index contributed by atoms with van der Waals surface area (Å²) < 4.78 is 71.4. The number of fused-ring (bicyclic) bond motifs is 2. The first-order valence-electron chi connectivity index (χ1n) is 12.0. The Morgan fingerprint density at radius 3 is 2.81 bits per heavy atom. The maximum absolute atomic E-state index is 15.0. The van der Waals surface area contributed by atoms with Crippen molar-refractivity contribution in [3.05, 3.63) is 36.5 Å². The highest BCUT2D eigenvalue weighted by Crippen LogP contribution is 2.35. The van der Waals surface area contributed by atoms with Crippen molar-refractivity contribution in [3.63, 3.8) is 0 Å². The lowest BCUT2D eigenvalue weighted by Gasteiger charge is -2.44. The molecule has 6 rings (SSSR count). The molecule has 2 fully saturated rings. The van der Waals surface area contributed by atoms with Crippen LogP contribution in [0.4, 0.5) is 23.5 Å². The third-order valence-corrected chi connectivity index (χ3v) is 7.06. The molecule has 1 aromatic carbocycles. The third-order valence-electron chi connectivity index (χ3n) is 7.06. The van der Waals surface area contributed by atoms with Gasteiger partial charge in [0.2, 0.25) is 11.8 Å². The zero-order valence-corrected chi connectivity index (χ0v) is 20.0. The van der Waals surface area contributed by atoms with Crippen LogP contribution in [0.1, 0.15) is 6.42 Å². The van der Waals surface area contributed by atoms with Gasteiger partial charge in [-0.3, -0.25) is 4.90 Å². The number of methoxy groups -OCH3 is 1. The molecule has 0 aliphatic carbocycles. The number of aryl methyl sites for hydroxylation is 1. The highest BCUT2D eigenvalue weighted by atomic mass is 19.3. The first kappa shape index (κ1) is 23.9. The second-order valence-electron chi connectivity index (χ2n) is 9.33. The maximum Gasteiger partial charge on any atom is 0.280 e. The van der Waals surface area contributed by atoms with Crippen LogP contribution in [-0.4, -0.2) is 87.1 Å². The van der Waals surface area contributed by atoms with Crippen molar-refractivity contribution < 1.29 is 27.0 Å². The van der Waals surface area contributed by atoms with E-state index in [0.29, 0.717) is 41.9 Å². The topological polar surface area (TPSA) is 81.7 Å². The highest BCUT2D eigenvalue weighted by Gasteiger charge is 2.47. The first-order chi connectivity index (χ1) is 17.9. The zero-order valence-electron chi connectivity index (χ0n) is 20.0. The van der Waals surface area contributed by atoms with Crippen molar-refractivity contribution in [1.29, 1.82) is 0 Å². The second kappa shape index (κ2) is 9.14. The number of hydrogen-bond donors (Lipinski definition) is 1. The van der Waals surface area contributed by atoms with Gasteiger partial charge < -0.3 is 19.4 Å². The van der Waals surface area contributed by atoms with Gasteiger partial charge in [0.15, 0.2) is 5.82 Å². The Hall–Kier alpha value is -3.45. The lowest BCUT2D eigenvalue weighted by molar-refractivity contribution is -0.131. The zero-order chi connectivity index (χ0) is 25.7. The van der Waals surface area contributed by atoms with Crippen LogP contribution >= 0.6 is 0 Å². The van der Waals surface area contributed by atoms with Crippen molar-refractivity contribution in [1.82, 2.24) is 29.0 Å². The van der Waals surface area contributed by atoms with E-state index in [0.717, 1.165) is 0 Å². The van der Waals surface area contributed by atoms with Crippen LogP contribution in [0.3, 0.4) is 0 Å².